The molecule has 3 aromatic rings. The molecule has 5 rings (SSSR count). The topological polar surface area (TPSA) is 73.1 Å². The maximum Gasteiger partial charge on any atom is 0.272 e. The third-order valence-electron chi connectivity index (χ3n) is 6.61. The van der Waals surface area contributed by atoms with Gasteiger partial charge in [0.05, 0.1) is 30.3 Å². The van der Waals surface area contributed by atoms with Crippen LogP contribution in [0.5, 0.6) is 5.88 Å². The van der Waals surface area contributed by atoms with Crippen molar-refractivity contribution in [2.75, 3.05) is 6.61 Å². The molecule has 0 spiro atoms. The number of aromatic nitrogens is 4. The Kier molecular flexibility index (Phi) is 5.34. The minimum Gasteiger partial charge on any atom is -0.477 e. The summed E-state index contributed by atoms with van der Waals surface area (Å²) in [5.74, 6) is -2.47. The molecule has 2 saturated heterocycles. The van der Waals surface area contributed by atoms with Crippen LogP contribution >= 0.6 is 0 Å². The molecule has 3 atom stereocenters. The van der Waals surface area contributed by atoms with Gasteiger partial charge in [-0.25, -0.2) is 13.8 Å². The summed E-state index contributed by atoms with van der Waals surface area (Å²) in [6.07, 6.45) is 7.05. The van der Waals surface area contributed by atoms with E-state index in [1.54, 1.807) is 12.4 Å². The van der Waals surface area contributed by atoms with Gasteiger partial charge in [-0.1, -0.05) is 11.6 Å². The highest BCUT2D eigenvalue weighted by Crippen LogP contribution is 2.43. The second-order valence-corrected chi connectivity index (χ2v) is 8.93. The van der Waals surface area contributed by atoms with Gasteiger partial charge in [-0.2, -0.15) is 15.0 Å². The van der Waals surface area contributed by atoms with Gasteiger partial charge in [0.2, 0.25) is 5.88 Å². The summed E-state index contributed by atoms with van der Waals surface area (Å²) in [6.45, 7) is 3.19. The number of halogens is 2. The van der Waals surface area contributed by atoms with Crippen molar-refractivity contribution in [3.8, 4) is 11.6 Å². The normalized spacial score (nSPS) is 22.1. The molecule has 1 amide bonds. The van der Waals surface area contributed by atoms with Crippen molar-refractivity contribution in [1.82, 2.24) is 24.9 Å². The van der Waals surface area contributed by atoms with Crippen molar-refractivity contribution in [3.05, 3.63) is 65.6 Å². The quantitative estimate of drug-likeness (QED) is 0.561. The molecule has 2 aromatic heterocycles. The van der Waals surface area contributed by atoms with E-state index < -0.39 is 5.92 Å². The summed E-state index contributed by atoms with van der Waals surface area (Å²) in [5.41, 5.74) is 2.09. The summed E-state index contributed by atoms with van der Waals surface area (Å²) in [6, 6.07) is 8.73. The van der Waals surface area contributed by atoms with Gasteiger partial charge in [0, 0.05) is 42.8 Å². The molecule has 0 N–H and O–H groups in total. The molecule has 4 heterocycles. The van der Waals surface area contributed by atoms with E-state index in [-0.39, 0.29) is 29.5 Å². The van der Waals surface area contributed by atoms with Crippen molar-refractivity contribution in [2.45, 2.75) is 51.1 Å². The van der Waals surface area contributed by atoms with E-state index >= 15 is 0 Å². The Balaban J connectivity index is 1.31. The first-order valence-corrected chi connectivity index (χ1v) is 11.1. The Morgan fingerprint density at radius 3 is 2.67 bits per heavy atom. The third kappa shape index (κ3) is 4.07. The van der Waals surface area contributed by atoms with Gasteiger partial charge in [0.25, 0.3) is 11.8 Å². The van der Waals surface area contributed by atoms with E-state index in [1.807, 2.05) is 30.0 Å². The molecule has 33 heavy (non-hydrogen) atoms. The number of fused-ring (bicyclic) bond motifs is 2. The van der Waals surface area contributed by atoms with Crippen molar-refractivity contribution in [2.24, 2.45) is 5.92 Å². The van der Waals surface area contributed by atoms with Gasteiger partial charge >= 0.3 is 0 Å². The van der Waals surface area contributed by atoms with E-state index in [4.69, 9.17) is 4.74 Å². The predicted molar refractivity (Wildman–Crippen MR) is 116 cm³/mol. The van der Waals surface area contributed by atoms with Crippen molar-refractivity contribution < 1.29 is 18.3 Å². The minimum absolute atomic E-state index is 0.0198. The van der Waals surface area contributed by atoms with Gasteiger partial charge in [-0.15, -0.1) is 0 Å². The number of hydrogen-bond acceptors (Lipinski definition) is 5. The van der Waals surface area contributed by atoms with E-state index in [0.717, 1.165) is 37.9 Å². The van der Waals surface area contributed by atoms with Gasteiger partial charge in [0.15, 0.2) is 0 Å². The summed E-state index contributed by atoms with van der Waals surface area (Å²) < 4.78 is 32.6. The highest BCUT2D eigenvalue weighted by Gasteiger charge is 2.49. The summed E-state index contributed by atoms with van der Waals surface area (Å²) in [7, 11) is 0. The van der Waals surface area contributed by atoms with Crippen LogP contribution < -0.4 is 4.74 Å². The molecule has 0 aliphatic carbocycles. The fourth-order valence-corrected chi connectivity index (χ4v) is 5.00. The van der Waals surface area contributed by atoms with Crippen LogP contribution in [0.25, 0.3) is 5.69 Å². The fourth-order valence-electron chi connectivity index (χ4n) is 5.00. The molecule has 9 heteroatoms. The molecule has 0 saturated carbocycles. The van der Waals surface area contributed by atoms with E-state index in [1.165, 1.54) is 16.9 Å². The summed E-state index contributed by atoms with van der Waals surface area (Å²) >= 11 is 0. The molecule has 2 aliphatic heterocycles. The zero-order valence-corrected chi connectivity index (χ0v) is 18.5. The van der Waals surface area contributed by atoms with Gasteiger partial charge in [-0.3, -0.25) is 4.79 Å². The first-order chi connectivity index (χ1) is 15.8. The van der Waals surface area contributed by atoms with Crippen molar-refractivity contribution in [3.63, 3.8) is 0 Å². The smallest absolute Gasteiger partial charge is 0.272 e. The van der Waals surface area contributed by atoms with Crippen LogP contribution in [0.3, 0.4) is 0 Å². The van der Waals surface area contributed by atoms with Crippen molar-refractivity contribution >= 4 is 5.91 Å². The SMILES string of the molecule is Cc1ccc(-n2nccn2)c(C(=O)N2C3CCC2C(COc2ccc(C(C)(F)F)cn2)C3)c1. The van der Waals surface area contributed by atoms with Crippen LogP contribution in [0.1, 0.15) is 47.7 Å². The molecule has 3 unspecified atom stereocenters. The number of carbonyl (C=O) groups excluding carboxylic acids is 1. The number of pyridine rings is 1. The maximum atomic E-state index is 13.7. The molecule has 0 radical (unpaired) electrons. The molecular weight excluding hydrogens is 428 g/mol. The number of hydrogen-bond donors (Lipinski definition) is 0. The Labute approximate surface area is 190 Å². The average Bonchev–Trinajstić information content (AvgIpc) is 3.53. The number of nitrogens with zero attached hydrogens (tertiary/aromatic N) is 5. The van der Waals surface area contributed by atoms with Gasteiger partial charge in [-0.05, 0) is 44.4 Å². The zero-order valence-electron chi connectivity index (χ0n) is 18.5. The minimum atomic E-state index is -2.93. The van der Waals surface area contributed by atoms with E-state index in [0.29, 0.717) is 23.7 Å². The monoisotopic (exact) mass is 453 g/mol. The first kappa shape index (κ1) is 21.5. The number of alkyl halides is 2. The van der Waals surface area contributed by atoms with E-state index in [2.05, 4.69) is 15.2 Å². The lowest BCUT2D eigenvalue weighted by atomic mass is 9.90. The predicted octanol–water partition coefficient (Wildman–Crippen LogP) is 4.15. The Morgan fingerprint density at radius 2 is 1.97 bits per heavy atom. The van der Waals surface area contributed by atoms with Gasteiger partial charge in [0.1, 0.15) is 0 Å². The fraction of sp³-hybridized carbons (Fsp3) is 0.417. The molecular formula is C24H25F2N5O2. The number of benzene rings is 1. The lowest BCUT2D eigenvalue weighted by molar-refractivity contribution is 0.0170. The zero-order chi connectivity index (χ0) is 23.2. The van der Waals surface area contributed by atoms with Crippen molar-refractivity contribution in [1.29, 1.82) is 0 Å². The molecule has 1 aromatic carbocycles. The van der Waals surface area contributed by atoms with E-state index in [9.17, 15) is 13.6 Å². The summed E-state index contributed by atoms with van der Waals surface area (Å²) in [4.78, 5) is 21.1. The Bertz CT molecular complexity index is 1140. The highest BCUT2D eigenvalue weighted by atomic mass is 19.3. The van der Waals surface area contributed by atoms with Crippen LogP contribution in [0.15, 0.2) is 48.9 Å². The Morgan fingerprint density at radius 1 is 1.18 bits per heavy atom. The molecule has 2 aliphatic rings. The standard InChI is InChI=1S/C24H25F2N5O2/c1-15-3-6-21(31-28-9-10-29-31)19(11-15)23(32)30-18-5-7-20(30)16(12-18)14-33-22-8-4-17(13-27-22)24(2,25)26/h3-4,6,8-11,13,16,18,20H,5,7,12,14H2,1-2H3. The van der Waals surface area contributed by atoms with Crippen LogP contribution in [0, 0.1) is 12.8 Å². The average molecular weight is 453 g/mol. The number of carbonyl (C=O) groups is 1. The largest absolute Gasteiger partial charge is 0.477 e. The highest BCUT2D eigenvalue weighted by molar-refractivity contribution is 5.98. The second kappa shape index (κ2) is 8.20. The van der Waals surface area contributed by atoms with Gasteiger partial charge < -0.3 is 9.64 Å². The van der Waals surface area contributed by atoms with Crippen LogP contribution in [-0.4, -0.2) is 49.5 Å². The van der Waals surface area contributed by atoms with Crippen LogP contribution in [0.2, 0.25) is 0 Å². The van der Waals surface area contributed by atoms with Crippen LogP contribution in [-0.2, 0) is 5.92 Å². The molecule has 7 nitrogen and oxygen atoms in total. The third-order valence-corrected chi connectivity index (χ3v) is 6.61. The maximum absolute atomic E-state index is 13.7. The van der Waals surface area contributed by atoms with Crippen LogP contribution in [0.4, 0.5) is 8.78 Å². The first-order valence-electron chi connectivity index (χ1n) is 11.1. The molecule has 2 fully saturated rings. The second-order valence-electron chi connectivity index (χ2n) is 8.93. The number of ether oxygens (including phenoxy) is 1. The number of rotatable bonds is 6. The lowest BCUT2D eigenvalue weighted by Crippen LogP contribution is -2.38. The number of amides is 1. The lowest BCUT2D eigenvalue weighted by Gasteiger charge is -2.25. The summed E-state index contributed by atoms with van der Waals surface area (Å²) in [5, 5.41) is 8.40. The number of aryl methyl sites for hydroxylation is 1. The molecule has 172 valence electrons. The Hall–Kier alpha value is -3.36. The molecule has 2 bridgehead atoms.